The summed E-state index contributed by atoms with van der Waals surface area (Å²) < 4.78 is 21.1. The molecule has 7 heteroatoms. The summed E-state index contributed by atoms with van der Waals surface area (Å²) in [5.74, 6) is -1.19. The fourth-order valence-electron chi connectivity index (χ4n) is 3.07. The average molecular weight is 327 g/mol. The molecule has 0 aromatic carbocycles. The number of carbonyl (C=O) groups is 2. The number of nitrogens with zero attached hydrogens (tertiary/aromatic N) is 1. The molecule has 130 valence electrons. The molecule has 2 unspecified atom stereocenters. The second-order valence-corrected chi connectivity index (χ2v) is 5.64. The van der Waals surface area contributed by atoms with Crippen molar-refractivity contribution in [2.75, 3.05) is 46.7 Å². The maximum absolute atomic E-state index is 12.4. The number of carbonyl (C=O) groups excluding carboxylic acids is 2. The summed E-state index contributed by atoms with van der Waals surface area (Å²) in [6, 6.07) is 0. The van der Waals surface area contributed by atoms with Gasteiger partial charge in [0.2, 0.25) is 11.8 Å². The number of ether oxygens (including phenoxy) is 4. The van der Waals surface area contributed by atoms with Crippen LogP contribution < -0.4 is 0 Å². The third kappa shape index (κ3) is 3.98. The molecule has 2 rings (SSSR count). The Bertz CT molecular complexity index is 440. The number of fused-ring (bicyclic) bond motifs is 1. The van der Waals surface area contributed by atoms with E-state index in [0.29, 0.717) is 33.0 Å². The van der Waals surface area contributed by atoms with E-state index in [1.807, 2.05) is 6.92 Å². The van der Waals surface area contributed by atoms with Gasteiger partial charge in [0.25, 0.3) is 0 Å². The number of hydrogen-bond donors (Lipinski definition) is 0. The first-order chi connectivity index (χ1) is 11.1. The predicted molar refractivity (Wildman–Crippen MR) is 81.7 cm³/mol. The average Bonchev–Trinajstić information content (AvgIpc) is 3.00. The van der Waals surface area contributed by atoms with Gasteiger partial charge in [0.05, 0.1) is 63.6 Å². The predicted octanol–water partition coefficient (Wildman–Crippen LogP) is 0.241. The Morgan fingerprint density at radius 3 is 2.35 bits per heavy atom. The van der Waals surface area contributed by atoms with Gasteiger partial charge < -0.3 is 18.9 Å². The van der Waals surface area contributed by atoms with Gasteiger partial charge in [-0.05, 0) is 6.92 Å². The van der Waals surface area contributed by atoms with Gasteiger partial charge in [-0.2, -0.15) is 0 Å². The Labute approximate surface area is 136 Å². The Morgan fingerprint density at radius 1 is 1.09 bits per heavy atom. The number of methoxy groups -OCH3 is 1. The van der Waals surface area contributed by atoms with Gasteiger partial charge in [-0.1, -0.05) is 6.08 Å². The second-order valence-electron chi connectivity index (χ2n) is 5.64. The minimum absolute atomic E-state index is 0.170. The molecule has 0 aromatic rings. The highest BCUT2D eigenvalue weighted by molar-refractivity contribution is 6.06. The van der Waals surface area contributed by atoms with Crippen molar-refractivity contribution in [2.45, 2.75) is 19.1 Å². The van der Waals surface area contributed by atoms with E-state index in [0.717, 1.165) is 0 Å². The van der Waals surface area contributed by atoms with Crippen LogP contribution in [0.1, 0.15) is 6.92 Å². The third-order valence-electron chi connectivity index (χ3n) is 4.22. The van der Waals surface area contributed by atoms with Crippen LogP contribution in [-0.4, -0.2) is 75.6 Å². The lowest BCUT2D eigenvalue weighted by Gasteiger charge is -2.19. The highest BCUT2D eigenvalue weighted by Gasteiger charge is 2.57. The van der Waals surface area contributed by atoms with E-state index in [4.69, 9.17) is 18.9 Å². The number of hydrogen-bond acceptors (Lipinski definition) is 6. The Morgan fingerprint density at radius 2 is 1.70 bits per heavy atom. The summed E-state index contributed by atoms with van der Waals surface area (Å²) in [5, 5.41) is 0. The molecule has 0 saturated carbocycles. The highest BCUT2D eigenvalue weighted by Crippen LogP contribution is 2.40. The normalized spacial score (nSPS) is 30.1. The fraction of sp³-hybridized carbons (Fsp3) is 0.750. The first-order valence-electron chi connectivity index (χ1n) is 7.89. The molecular weight excluding hydrogens is 302 g/mol. The van der Waals surface area contributed by atoms with Crippen molar-refractivity contribution < 1.29 is 28.5 Å². The van der Waals surface area contributed by atoms with Crippen molar-refractivity contribution in [3.05, 3.63) is 12.7 Å². The van der Waals surface area contributed by atoms with Crippen LogP contribution in [0.25, 0.3) is 0 Å². The van der Waals surface area contributed by atoms with Crippen LogP contribution in [0, 0.1) is 11.8 Å². The molecular formula is C16H25NO6. The Hall–Kier alpha value is -1.28. The molecule has 0 aliphatic carbocycles. The highest BCUT2D eigenvalue weighted by atomic mass is 16.5. The zero-order chi connectivity index (χ0) is 16.8. The zero-order valence-corrected chi connectivity index (χ0v) is 13.7. The van der Waals surface area contributed by atoms with Gasteiger partial charge in [-0.25, -0.2) is 0 Å². The molecule has 0 radical (unpaired) electrons. The number of amides is 2. The van der Waals surface area contributed by atoms with Crippen molar-refractivity contribution in [3.63, 3.8) is 0 Å². The Kier molecular flexibility index (Phi) is 6.71. The SMILES string of the molecule is C=CC1OC(C)[C@H]2C(=O)N(CCOCCOCCOC)C(=O)[C@@H]12. The van der Waals surface area contributed by atoms with E-state index >= 15 is 0 Å². The summed E-state index contributed by atoms with van der Waals surface area (Å²) in [6.45, 7) is 8.02. The molecule has 2 fully saturated rings. The van der Waals surface area contributed by atoms with Crippen LogP contribution >= 0.6 is 0 Å². The van der Waals surface area contributed by atoms with Crippen LogP contribution in [0.4, 0.5) is 0 Å². The molecule has 7 nitrogen and oxygen atoms in total. The van der Waals surface area contributed by atoms with Gasteiger partial charge in [0, 0.05) is 7.11 Å². The van der Waals surface area contributed by atoms with Crippen LogP contribution in [0.5, 0.6) is 0 Å². The van der Waals surface area contributed by atoms with Gasteiger partial charge in [-0.15, -0.1) is 6.58 Å². The summed E-state index contributed by atoms with van der Waals surface area (Å²) in [5.41, 5.74) is 0. The zero-order valence-electron chi connectivity index (χ0n) is 13.7. The van der Waals surface area contributed by atoms with Crippen molar-refractivity contribution in [1.82, 2.24) is 4.90 Å². The summed E-state index contributed by atoms with van der Waals surface area (Å²) in [4.78, 5) is 26.1. The molecule has 2 saturated heterocycles. The van der Waals surface area contributed by atoms with Crippen LogP contribution in [0.15, 0.2) is 12.7 Å². The fourth-order valence-corrected chi connectivity index (χ4v) is 3.07. The second kappa shape index (κ2) is 8.54. The van der Waals surface area contributed by atoms with E-state index in [1.165, 1.54) is 4.90 Å². The van der Waals surface area contributed by atoms with E-state index in [9.17, 15) is 9.59 Å². The quantitative estimate of drug-likeness (QED) is 0.325. The van der Waals surface area contributed by atoms with E-state index in [-0.39, 0.29) is 30.6 Å². The summed E-state index contributed by atoms with van der Waals surface area (Å²) in [7, 11) is 1.61. The molecule has 2 amide bonds. The van der Waals surface area contributed by atoms with Crippen LogP contribution in [-0.2, 0) is 28.5 Å². The summed E-state index contributed by atoms with van der Waals surface area (Å²) >= 11 is 0. The monoisotopic (exact) mass is 327 g/mol. The van der Waals surface area contributed by atoms with Gasteiger partial charge in [0.1, 0.15) is 0 Å². The molecule has 0 N–H and O–H groups in total. The largest absolute Gasteiger partial charge is 0.382 e. The lowest BCUT2D eigenvalue weighted by Crippen LogP contribution is -2.37. The molecule has 2 aliphatic heterocycles. The summed E-state index contributed by atoms with van der Waals surface area (Å²) in [6.07, 6.45) is 0.954. The Balaban J connectivity index is 1.73. The first kappa shape index (κ1) is 18.1. The van der Waals surface area contributed by atoms with Crippen LogP contribution in [0.2, 0.25) is 0 Å². The number of rotatable bonds is 10. The van der Waals surface area contributed by atoms with Crippen molar-refractivity contribution >= 4 is 11.8 Å². The molecule has 0 bridgehead atoms. The molecule has 0 aromatic heterocycles. The van der Waals surface area contributed by atoms with Gasteiger partial charge >= 0.3 is 0 Å². The smallest absolute Gasteiger partial charge is 0.236 e. The number of likely N-dealkylation sites (tertiary alicyclic amines) is 1. The van der Waals surface area contributed by atoms with Crippen LogP contribution in [0.3, 0.4) is 0 Å². The lowest BCUT2D eigenvalue weighted by atomic mass is 9.90. The van der Waals surface area contributed by atoms with E-state index < -0.39 is 11.8 Å². The van der Waals surface area contributed by atoms with Crippen molar-refractivity contribution in [1.29, 1.82) is 0 Å². The molecule has 0 spiro atoms. The maximum Gasteiger partial charge on any atom is 0.236 e. The van der Waals surface area contributed by atoms with E-state index in [2.05, 4.69) is 6.58 Å². The lowest BCUT2D eigenvalue weighted by molar-refractivity contribution is -0.143. The molecule has 2 heterocycles. The van der Waals surface area contributed by atoms with Gasteiger partial charge in [-0.3, -0.25) is 14.5 Å². The van der Waals surface area contributed by atoms with Gasteiger partial charge in [0.15, 0.2) is 0 Å². The molecule has 4 atom stereocenters. The van der Waals surface area contributed by atoms with E-state index in [1.54, 1.807) is 13.2 Å². The minimum atomic E-state index is -0.438. The van der Waals surface area contributed by atoms with Crippen molar-refractivity contribution in [3.8, 4) is 0 Å². The topological polar surface area (TPSA) is 74.3 Å². The third-order valence-corrected chi connectivity index (χ3v) is 4.22. The number of imide groups is 1. The molecule has 2 aliphatic rings. The maximum atomic E-state index is 12.4. The standard InChI is InChI=1S/C16H25NO6/c1-4-12-14-13(11(2)23-12)15(18)17(16(14)19)5-6-21-9-10-22-8-7-20-3/h4,11-14H,1,5-10H2,2-3H3/t11?,12?,13-,14+/m1/s1. The molecule has 23 heavy (non-hydrogen) atoms. The minimum Gasteiger partial charge on any atom is -0.382 e. The first-order valence-corrected chi connectivity index (χ1v) is 7.89. The van der Waals surface area contributed by atoms with Crippen molar-refractivity contribution in [2.24, 2.45) is 11.8 Å².